The molecule has 0 bridgehead atoms. The van der Waals surface area contributed by atoms with E-state index >= 15 is 0 Å². The summed E-state index contributed by atoms with van der Waals surface area (Å²) in [6.07, 6.45) is 10.4. The summed E-state index contributed by atoms with van der Waals surface area (Å²) in [5, 5.41) is 0. The summed E-state index contributed by atoms with van der Waals surface area (Å²) in [5.74, 6) is 0.725. The highest BCUT2D eigenvalue weighted by Gasteiger charge is 2.16. The van der Waals surface area contributed by atoms with Crippen LogP contribution in [0.4, 0.5) is 0 Å². The van der Waals surface area contributed by atoms with Crippen molar-refractivity contribution < 1.29 is 0 Å². The van der Waals surface area contributed by atoms with Crippen LogP contribution in [0.1, 0.15) is 32.6 Å². The molecule has 0 atom stereocenters. The fourth-order valence-corrected chi connectivity index (χ4v) is 2.02. The largest absolute Gasteiger partial charge is 0.0744 e. The predicted molar refractivity (Wildman–Crippen MR) is 43.8 cm³/mol. The van der Waals surface area contributed by atoms with Crippen molar-refractivity contribution >= 4 is 0 Å². The summed E-state index contributed by atoms with van der Waals surface area (Å²) in [6, 6.07) is 0. The lowest BCUT2D eigenvalue weighted by atomic mass is 9.92. The summed E-state index contributed by atoms with van der Waals surface area (Å²) < 4.78 is 0. The first-order valence-corrected chi connectivity index (χ1v) is 4.28. The van der Waals surface area contributed by atoms with Crippen LogP contribution in [0.3, 0.4) is 0 Å². The molecule has 0 spiro atoms. The topological polar surface area (TPSA) is 0 Å². The highest BCUT2D eigenvalue weighted by molar-refractivity contribution is 5.39. The van der Waals surface area contributed by atoms with Gasteiger partial charge in [-0.3, -0.25) is 0 Å². The van der Waals surface area contributed by atoms with E-state index in [1.54, 1.807) is 11.1 Å². The van der Waals surface area contributed by atoms with Gasteiger partial charge in [0.2, 0.25) is 0 Å². The lowest BCUT2D eigenvalue weighted by molar-refractivity contribution is 0.682. The van der Waals surface area contributed by atoms with E-state index in [0.29, 0.717) is 0 Å². The lowest BCUT2D eigenvalue weighted by Gasteiger charge is -2.13. The minimum absolute atomic E-state index is 0.725. The maximum absolute atomic E-state index is 2.43. The van der Waals surface area contributed by atoms with Gasteiger partial charge in [0.1, 0.15) is 0 Å². The van der Waals surface area contributed by atoms with Gasteiger partial charge < -0.3 is 0 Å². The average Bonchev–Trinajstić information content (AvgIpc) is 2.27. The molecule has 0 radical (unpaired) electrons. The van der Waals surface area contributed by atoms with Crippen molar-refractivity contribution in [2.24, 2.45) is 5.92 Å². The van der Waals surface area contributed by atoms with E-state index in [0.717, 1.165) is 5.92 Å². The van der Waals surface area contributed by atoms with Crippen LogP contribution < -0.4 is 0 Å². The van der Waals surface area contributed by atoms with E-state index in [1.807, 2.05) is 0 Å². The molecule has 10 heavy (non-hydrogen) atoms. The Morgan fingerprint density at radius 2 is 1.60 bits per heavy atom. The molecule has 0 unspecified atom stereocenters. The third-order valence-electron chi connectivity index (χ3n) is 2.48. The summed E-state index contributed by atoms with van der Waals surface area (Å²) in [5.41, 5.74) is 3.30. The molecular formula is C10H14. The summed E-state index contributed by atoms with van der Waals surface area (Å²) in [7, 11) is 0. The van der Waals surface area contributed by atoms with Gasteiger partial charge in [-0.1, -0.05) is 19.1 Å². The smallest absolute Gasteiger partial charge is 0.00700 e. The zero-order valence-corrected chi connectivity index (χ0v) is 6.56. The molecule has 54 valence electrons. The van der Waals surface area contributed by atoms with Crippen molar-refractivity contribution in [1.29, 1.82) is 0 Å². The number of fused-ring (bicyclic) bond motifs is 1. The summed E-state index contributed by atoms with van der Waals surface area (Å²) in [6.45, 7) is 2.28. The third kappa shape index (κ3) is 0.920. The molecular weight excluding hydrogens is 120 g/mol. The minimum atomic E-state index is 0.725. The Kier molecular flexibility index (Phi) is 1.40. The molecule has 0 heterocycles. The maximum Gasteiger partial charge on any atom is -0.00700 e. The third-order valence-corrected chi connectivity index (χ3v) is 2.48. The maximum atomic E-state index is 2.43. The van der Waals surface area contributed by atoms with Crippen LogP contribution in [-0.2, 0) is 0 Å². The number of hydrogen-bond donors (Lipinski definition) is 0. The van der Waals surface area contributed by atoms with Gasteiger partial charge in [-0.15, -0.1) is 0 Å². The van der Waals surface area contributed by atoms with E-state index in [4.69, 9.17) is 0 Å². The SMILES string of the molecule is CC1C=C2CCCCC2=C1. The van der Waals surface area contributed by atoms with Gasteiger partial charge in [0, 0.05) is 0 Å². The molecule has 2 rings (SSSR count). The average molecular weight is 134 g/mol. The molecule has 1 saturated carbocycles. The van der Waals surface area contributed by atoms with Crippen molar-refractivity contribution in [2.45, 2.75) is 32.6 Å². The highest BCUT2D eigenvalue weighted by atomic mass is 14.2. The van der Waals surface area contributed by atoms with E-state index in [9.17, 15) is 0 Å². The van der Waals surface area contributed by atoms with Gasteiger partial charge in [-0.2, -0.15) is 0 Å². The Balaban J connectivity index is 2.24. The monoisotopic (exact) mass is 134 g/mol. The van der Waals surface area contributed by atoms with Crippen LogP contribution in [0.2, 0.25) is 0 Å². The van der Waals surface area contributed by atoms with Crippen LogP contribution in [0.5, 0.6) is 0 Å². The zero-order valence-electron chi connectivity index (χ0n) is 6.56. The van der Waals surface area contributed by atoms with Crippen molar-refractivity contribution in [3.8, 4) is 0 Å². The van der Waals surface area contributed by atoms with Crippen LogP contribution >= 0.6 is 0 Å². The van der Waals surface area contributed by atoms with E-state index in [-0.39, 0.29) is 0 Å². The van der Waals surface area contributed by atoms with Crippen molar-refractivity contribution in [1.82, 2.24) is 0 Å². The molecule has 0 N–H and O–H groups in total. The van der Waals surface area contributed by atoms with Gasteiger partial charge in [0.25, 0.3) is 0 Å². The fraction of sp³-hybridized carbons (Fsp3) is 0.600. The van der Waals surface area contributed by atoms with E-state index < -0.39 is 0 Å². The summed E-state index contributed by atoms with van der Waals surface area (Å²) in [4.78, 5) is 0. The Bertz CT molecular complexity index is 174. The van der Waals surface area contributed by atoms with E-state index in [2.05, 4.69) is 19.1 Å². The second-order valence-electron chi connectivity index (χ2n) is 3.45. The predicted octanol–water partition coefficient (Wildman–Crippen LogP) is 3.06. The highest BCUT2D eigenvalue weighted by Crippen LogP contribution is 2.34. The fourth-order valence-electron chi connectivity index (χ4n) is 2.02. The molecule has 0 amide bonds. The van der Waals surface area contributed by atoms with E-state index in [1.165, 1.54) is 25.7 Å². The van der Waals surface area contributed by atoms with Crippen LogP contribution in [0.15, 0.2) is 23.3 Å². The molecule has 0 aromatic rings. The van der Waals surface area contributed by atoms with Crippen molar-refractivity contribution in [2.75, 3.05) is 0 Å². The molecule has 0 saturated heterocycles. The Morgan fingerprint density at radius 3 is 2.10 bits per heavy atom. The Hall–Kier alpha value is -0.520. The molecule has 0 heteroatoms. The van der Waals surface area contributed by atoms with Gasteiger partial charge in [0.05, 0.1) is 0 Å². The first kappa shape index (κ1) is 6.21. The first-order valence-electron chi connectivity index (χ1n) is 4.28. The van der Waals surface area contributed by atoms with Crippen LogP contribution in [0.25, 0.3) is 0 Å². The molecule has 0 aliphatic heterocycles. The molecule has 2 aliphatic carbocycles. The van der Waals surface area contributed by atoms with Crippen LogP contribution in [0, 0.1) is 5.92 Å². The number of hydrogen-bond acceptors (Lipinski definition) is 0. The zero-order chi connectivity index (χ0) is 6.97. The normalized spacial score (nSPS) is 25.7. The molecule has 0 aromatic heterocycles. The van der Waals surface area contributed by atoms with Gasteiger partial charge in [-0.25, -0.2) is 0 Å². The Morgan fingerprint density at radius 1 is 1.10 bits per heavy atom. The second-order valence-corrected chi connectivity index (χ2v) is 3.45. The molecule has 0 aromatic carbocycles. The lowest BCUT2D eigenvalue weighted by Crippen LogP contribution is -1.94. The van der Waals surface area contributed by atoms with Crippen molar-refractivity contribution in [3.63, 3.8) is 0 Å². The first-order chi connectivity index (χ1) is 4.86. The standard InChI is InChI=1S/C10H14/c1-8-6-9-4-2-3-5-10(9)7-8/h6-8H,2-5H2,1H3. The molecule has 1 fully saturated rings. The molecule has 2 aliphatic rings. The molecule has 0 nitrogen and oxygen atoms in total. The second kappa shape index (κ2) is 2.26. The van der Waals surface area contributed by atoms with Crippen molar-refractivity contribution in [3.05, 3.63) is 23.3 Å². The quantitative estimate of drug-likeness (QED) is 0.477. The summed E-state index contributed by atoms with van der Waals surface area (Å²) >= 11 is 0. The number of rotatable bonds is 0. The number of allylic oxidation sites excluding steroid dienone is 4. The van der Waals surface area contributed by atoms with Gasteiger partial charge in [-0.05, 0) is 42.7 Å². The van der Waals surface area contributed by atoms with Gasteiger partial charge in [0.15, 0.2) is 0 Å². The Labute approximate surface area is 62.6 Å². The minimum Gasteiger partial charge on any atom is -0.0744 e. The van der Waals surface area contributed by atoms with Crippen LogP contribution in [-0.4, -0.2) is 0 Å². The van der Waals surface area contributed by atoms with Gasteiger partial charge >= 0.3 is 0 Å².